The highest BCUT2D eigenvalue weighted by Gasteiger charge is 2.09. The summed E-state index contributed by atoms with van der Waals surface area (Å²) in [6.07, 6.45) is 0. The Morgan fingerprint density at radius 3 is 2.46 bits per heavy atom. The molecule has 0 saturated carbocycles. The van der Waals surface area contributed by atoms with Crippen LogP contribution in [0.25, 0.3) is 11.2 Å². The maximum Gasteiger partial charge on any atom is 0.182 e. The second-order valence-electron chi connectivity index (χ2n) is 3.06. The summed E-state index contributed by atoms with van der Waals surface area (Å²) in [6.45, 7) is 5.59. The minimum atomic E-state index is 0.697. The Kier molecular flexibility index (Phi) is 1.48. The van der Waals surface area contributed by atoms with E-state index in [1.807, 2.05) is 20.8 Å². The minimum absolute atomic E-state index is 0.697. The van der Waals surface area contributed by atoms with Gasteiger partial charge in [-0.15, -0.1) is 0 Å². The van der Waals surface area contributed by atoms with Crippen molar-refractivity contribution in [1.82, 2.24) is 19.6 Å². The van der Waals surface area contributed by atoms with Crippen LogP contribution in [0, 0.1) is 20.8 Å². The van der Waals surface area contributed by atoms with Crippen LogP contribution in [0.3, 0.4) is 0 Å². The van der Waals surface area contributed by atoms with E-state index in [1.165, 1.54) is 4.68 Å². The van der Waals surface area contributed by atoms with Gasteiger partial charge in [-0.2, -0.15) is 0 Å². The molecule has 2 aromatic heterocycles. The highest BCUT2D eigenvalue weighted by molar-refractivity contribution is 5.73. The van der Waals surface area contributed by atoms with E-state index in [0.29, 0.717) is 5.65 Å². The lowest BCUT2D eigenvalue weighted by Crippen LogP contribution is -2.11. The van der Waals surface area contributed by atoms with Crippen LogP contribution in [0.1, 0.15) is 17.3 Å². The predicted molar refractivity (Wildman–Crippen MR) is 49.7 cm³/mol. The van der Waals surface area contributed by atoms with Gasteiger partial charge >= 0.3 is 0 Å². The fourth-order valence-corrected chi connectivity index (χ4v) is 1.36. The third-order valence-electron chi connectivity index (χ3n) is 2.00. The molecule has 0 spiro atoms. The highest BCUT2D eigenvalue weighted by Crippen LogP contribution is 2.13. The molecule has 5 nitrogen and oxygen atoms in total. The van der Waals surface area contributed by atoms with E-state index in [2.05, 4.69) is 15.0 Å². The van der Waals surface area contributed by atoms with Gasteiger partial charge in [0.1, 0.15) is 17.2 Å². The molecule has 5 heteroatoms. The fourth-order valence-electron chi connectivity index (χ4n) is 1.36. The Bertz CT molecular complexity index is 471. The second-order valence-corrected chi connectivity index (χ2v) is 3.06. The van der Waals surface area contributed by atoms with Gasteiger partial charge in [-0.25, -0.2) is 19.6 Å². The SMILES string of the molecule is Cc1nc(C)c2nc(C)n(N)c2n1. The van der Waals surface area contributed by atoms with Crippen LogP contribution in [-0.4, -0.2) is 19.6 Å². The summed E-state index contributed by atoms with van der Waals surface area (Å²) in [6, 6.07) is 0. The highest BCUT2D eigenvalue weighted by atomic mass is 15.3. The molecule has 0 bridgehead atoms. The van der Waals surface area contributed by atoms with Gasteiger partial charge in [0.25, 0.3) is 0 Å². The average Bonchev–Trinajstić information content (AvgIpc) is 2.32. The molecule has 0 aliphatic carbocycles. The zero-order valence-corrected chi connectivity index (χ0v) is 7.87. The van der Waals surface area contributed by atoms with E-state index in [9.17, 15) is 0 Å². The number of nitrogens with two attached hydrogens (primary N) is 1. The van der Waals surface area contributed by atoms with Gasteiger partial charge < -0.3 is 5.84 Å². The lowest BCUT2D eigenvalue weighted by Gasteiger charge is -1.98. The van der Waals surface area contributed by atoms with Crippen molar-refractivity contribution < 1.29 is 0 Å². The molecule has 0 unspecified atom stereocenters. The molecule has 0 amide bonds. The number of hydrogen-bond acceptors (Lipinski definition) is 4. The zero-order valence-electron chi connectivity index (χ0n) is 7.87. The topological polar surface area (TPSA) is 69.6 Å². The average molecular weight is 177 g/mol. The van der Waals surface area contributed by atoms with Gasteiger partial charge in [-0.3, -0.25) is 0 Å². The molecule has 2 heterocycles. The summed E-state index contributed by atoms with van der Waals surface area (Å²) in [4.78, 5) is 12.7. The molecule has 13 heavy (non-hydrogen) atoms. The van der Waals surface area contributed by atoms with E-state index in [4.69, 9.17) is 5.84 Å². The molecule has 0 radical (unpaired) electrons. The Labute approximate surface area is 75.6 Å². The van der Waals surface area contributed by atoms with Crippen molar-refractivity contribution in [3.05, 3.63) is 17.3 Å². The first-order chi connectivity index (χ1) is 6.09. The largest absolute Gasteiger partial charge is 0.336 e. The van der Waals surface area contributed by atoms with E-state index >= 15 is 0 Å². The molecule has 0 saturated heterocycles. The van der Waals surface area contributed by atoms with Crippen molar-refractivity contribution in [2.24, 2.45) is 0 Å². The van der Waals surface area contributed by atoms with Gasteiger partial charge in [-0.1, -0.05) is 0 Å². The molecule has 0 aliphatic heterocycles. The molecule has 0 fully saturated rings. The lowest BCUT2D eigenvalue weighted by atomic mass is 10.4. The van der Waals surface area contributed by atoms with Crippen LogP contribution in [0.15, 0.2) is 0 Å². The number of aromatic nitrogens is 4. The van der Waals surface area contributed by atoms with Gasteiger partial charge in [0.05, 0.1) is 5.69 Å². The number of hydrogen-bond donors (Lipinski definition) is 1. The first-order valence-electron chi connectivity index (χ1n) is 4.05. The molecule has 0 atom stereocenters. The van der Waals surface area contributed by atoms with Crippen molar-refractivity contribution in [2.45, 2.75) is 20.8 Å². The normalized spacial score (nSPS) is 11.0. The van der Waals surface area contributed by atoms with E-state index in [0.717, 1.165) is 22.9 Å². The van der Waals surface area contributed by atoms with E-state index < -0.39 is 0 Å². The molecule has 2 N–H and O–H groups in total. The van der Waals surface area contributed by atoms with E-state index in [-0.39, 0.29) is 0 Å². The van der Waals surface area contributed by atoms with Crippen molar-refractivity contribution in [3.8, 4) is 0 Å². The summed E-state index contributed by atoms with van der Waals surface area (Å²) in [5, 5.41) is 0. The third-order valence-corrected chi connectivity index (χ3v) is 2.00. The first kappa shape index (κ1) is 7.97. The summed E-state index contributed by atoms with van der Waals surface area (Å²) >= 11 is 0. The summed E-state index contributed by atoms with van der Waals surface area (Å²) in [7, 11) is 0. The van der Waals surface area contributed by atoms with Crippen LogP contribution >= 0.6 is 0 Å². The zero-order chi connectivity index (χ0) is 9.59. The number of aryl methyl sites for hydroxylation is 3. The Morgan fingerprint density at radius 2 is 1.77 bits per heavy atom. The maximum atomic E-state index is 5.74. The van der Waals surface area contributed by atoms with Crippen molar-refractivity contribution in [1.29, 1.82) is 0 Å². The molecule has 68 valence electrons. The van der Waals surface area contributed by atoms with Crippen LogP contribution < -0.4 is 5.84 Å². The van der Waals surface area contributed by atoms with Gasteiger partial charge in [-0.05, 0) is 20.8 Å². The fraction of sp³-hybridized carbons (Fsp3) is 0.375. The van der Waals surface area contributed by atoms with Crippen molar-refractivity contribution >= 4 is 11.2 Å². The van der Waals surface area contributed by atoms with Crippen molar-refractivity contribution in [2.75, 3.05) is 5.84 Å². The van der Waals surface area contributed by atoms with Gasteiger partial charge in [0.2, 0.25) is 0 Å². The summed E-state index contributed by atoms with van der Waals surface area (Å²) < 4.78 is 1.48. The van der Waals surface area contributed by atoms with Crippen molar-refractivity contribution in [3.63, 3.8) is 0 Å². The summed E-state index contributed by atoms with van der Waals surface area (Å²) in [5.41, 5.74) is 2.35. The molecule has 2 aromatic rings. The maximum absolute atomic E-state index is 5.74. The van der Waals surface area contributed by atoms with Crippen LogP contribution in [0.2, 0.25) is 0 Å². The second kappa shape index (κ2) is 2.42. The van der Waals surface area contributed by atoms with Gasteiger partial charge in [0.15, 0.2) is 5.65 Å². The minimum Gasteiger partial charge on any atom is -0.336 e. The molecule has 0 aliphatic rings. The number of fused-ring (bicyclic) bond motifs is 1. The van der Waals surface area contributed by atoms with Crippen LogP contribution in [-0.2, 0) is 0 Å². The third kappa shape index (κ3) is 1.04. The van der Waals surface area contributed by atoms with Gasteiger partial charge in [0, 0.05) is 0 Å². The van der Waals surface area contributed by atoms with Crippen LogP contribution in [0.5, 0.6) is 0 Å². The van der Waals surface area contributed by atoms with E-state index in [1.54, 1.807) is 0 Å². The predicted octanol–water partition coefficient (Wildman–Crippen LogP) is 0.465. The summed E-state index contributed by atoms with van der Waals surface area (Å²) in [5.74, 6) is 7.21. The smallest absolute Gasteiger partial charge is 0.182 e. The van der Waals surface area contributed by atoms with Crippen LogP contribution in [0.4, 0.5) is 0 Å². The molecule has 0 aromatic carbocycles. The molecular weight excluding hydrogens is 166 g/mol. The molecule has 2 rings (SSSR count). The number of nitrogen functional groups attached to an aromatic ring is 1. The number of rotatable bonds is 0. The molecular formula is C8H11N5. The number of imidazole rings is 1. The Morgan fingerprint density at radius 1 is 1.08 bits per heavy atom. The lowest BCUT2D eigenvalue weighted by molar-refractivity contribution is 0.932. The quantitative estimate of drug-likeness (QED) is 0.594. The standard InChI is InChI=1S/C8H11N5/c1-4-7-8(11-5(2)10-4)13(9)6(3)12-7/h9H2,1-3H3. The first-order valence-corrected chi connectivity index (χ1v) is 4.05. The number of nitrogens with zero attached hydrogens (tertiary/aromatic N) is 4. The Hall–Kier alpha value is -1.65. The Balaban J connectivity index is 2.94. The monoisotopic (exact) mass is 177 g/mol.